The number of benzene rings is 2. The van der Waals surface area contributed by atoms with E-state index in [4.69, 9.17) is 9.72 Å². The van der Waals surface area contributed by atoms with Crippen LogP contribution >= 0.6 is 11.3 Å². The molecule has 1 aromatic heterocycles. The van der Waals surface area contributed by atoms with E-state index in [2.05, 4.69) is 30.9 Å². The van der Waals surface area contributed by atoms with Gasteiger partial charge in [-0.25, -0.2) is 13.4 Å². The van der Waals surface area contributed by atoms with Crippen molar-refractivity contribution in [1.29, 1.82) is 0 Å². The van der Waals surface area contributed by atoms with E-state index in [0.717, 1.165) is 81.6 Å². The zero-order chi connectivity index (χ0) is 28.3. The van der Waals surface area contributed by atoms with Crippen molar-refractivity contribution in [3.63, 3.8) is 0 Å². The number of amides is 1. The number of rotatable bonds is 9. The van der Waals surface area contributed by atoms with Gasteiger partial charge >= 0.3 is 0 Å². The number of morpholine rings is 1. The molecule has 0 unspecified atom stereocenters. The van der Waals surface area contributed by atoms with Gasteiger partial charge in [-0.05, 0) is 80.6 Å². The molecule has 8 nitrogen and oxygen atoms in total. The molecule has 5 rings (SSSR count). The Hall–Kier alpha value is -2.37. The maximum absolute atomic E-state index is 13.9. The summed E-state index contributed by atoms with van der Waals surface area (Å²) in [6.07, 6.45) is 5.88. The molecule has 40 heavy (non-hydrogen) atoms. The van der Waals surface area contributed by atoms with Gasteiger partial charge in [0, 0.05) is 44.8 Å². The van der Waals surface area contributed by atoms with E-state index in [1.807, 2.05) is 0 Å². The summed E-state index contributed by atoms with van der Waals surface area (Å²) in [5, 5.41) is 0.667. The van der Waals surface area contributed by atoms with Crippen molar-refractivity contribution in [1.82, 2.24) is 14.2 Å². The van der Waals surface area contributed by atoms with Crippen LogP contribution in [-0.2, 0) is 14.8 Å². The smallest absolute Gasteiger partial charge is 0.260 e. The summed E-state index contributed by atoms with van der Waals surface area (Å²) in [7, 11) is -1.95. The Morgan fingerprint density at radius 2 is 1.73 bits per heavy atom. The first-order valence-corrected chi connectivity index (χ1v) is 16.6. The van der Waals surface area contributed by atoms with Gasteiger partial charge in [0.25, 0.3) is 5.91 Å². The molecule has 2 fully saturated rings. The Morgan fingerprint density at radius 1 is 1.05 bits per heavy atom. The maximum Gasteiger partial charge on any atom is 0.260 e. The SMILES string of the molecule is Cc1cc2nc(N(CCCN3CCOCC3)C(=O)c3ccc(S(=O)(=O)N(C)C4CCCCC4)cc3)sc2cc1C. The van der Waals surface area contributed by atoms with E-state index in [1.54, 1.807) is 36.2 Å². The van der Waals surface area contributed by atoms with E-state index in [1.165, 1.54) is 26.8 Å². The fourth-order valence-electron chi connectivity index (χ4n) is 5.58. The van der Waals surface area contributed by atoms with Crippen LogP contribution in [0.15, 0.2) is 41.3 Å². The molecule has 0 radical (unpaired) electrons. The molecule has 10 heteroatoms. The van der Waals surface area contributed by atoms with Crippen LogP contribution in [0.3, 0.4) is 0 Å². The fraction of sp³-hybridized carbons (Fsp3) is 0.533. The molecule has 2 aromatic carbocycles. The highest BCUT2D eigenvalue weighted by atomic mass is 32.2. The summed E-state index contributed by atoms with van der Waals surface area (Å²) >= 11 is 1.52. The van der Waals surface area contributed by atoms with Crippen molar-refractivity contribution in [2.45, 2.75) is 63.3 Å². The highest BCUT2D eigenvalue weighted by molar-refractivity contribution is 7.89. The van der Waals surface area contributed by atoms with Crippen molar-refractivity contribution in [3.05, 3.63) is 53.1 Å². The number of hydrogen-bond donors (Lipinski definition) is 0. The van der Waals surface area contributed by atoms with Gasteiger partial charge in [0.15, 0.2) is 5.13 Å². The van der Waals surface area contributed by atoms with Crippen LogP contribution in [0, 0.1) is 13.8 Å². The lowest BCUT2D eigenvalue weighted by Gasteiger charge is -2.30. The van der Waals surface area contributed by atoms with Crippen LogP contribution < -0.4 is 4.90 Å². The van der Waals surface area contributed by atoms with Crippen molar-refractivity contribution in [3.8, 4) is 0 Å². The Morgan fingerprint density at radius 3 is 2.42 bits per heavy atom. The summed E-state index contributed by atoms with van der Waals surface area (Å²) in [6.45, 7) is 8.84. The Kier molecular flexibility index (Phi) is 9.21. The standard InChI is InChI=1S/C30H40N4O4S2/c1-22-20-27-28(21-23(22)2)39-30(31-27)34(15-7-14-33-16-18-38-19-17-33)29(35)24-10-12-26(13-11-24)40(36,37)32(3)25-8-5-4-6-9-25/h10-13,20-21,25H,4-9,14-19H2,1-3H3. The number of hydrogen-bond acceptors (Lipinski definition) is 7. The molecule has 2 aliphatic rings. The second-order valence-electron chi connectivity index (χ2n) is 11.0. The number of aryl methyl sites for hydroxylation is 2. The number of fused-ring (bicyclic) bond motifs is 1. The lowest BCUT2D eigenvalue weighted by atomic mass is 9.96. The summed E-state index contributed by atoms with van der Waals surface area (Å²) < 4.78 is 34.7. The third-order valence-corrected chi connectivity index (χ3v) is 11.3. The summed E-state index contributed by atoms with van der Waals surface area (Å²) in [4.78, 5) is 23.1. The first-order chi connectivity index (χ1) is 19.2. The van der Waals surface area contributed by atoms with Crippen LogP contribution in [0.5, 0.6) is 0 Å². The highest BCUT2D eigenvalue weighted by Gasteiger charge is 2.29. The number of nitrogens with zero attached hydrogens (tertiary/aromatic N) is 4. The number of aromatic nitrogens is 1. The van der Waals surface area contributed by atoms with Crippen LogP contribution in [0.4, 0.5) is 5.13 Å². The van der Waals surface area contributed by atoms with Crippen molar-refractivity contribution in [2.75, 3.05) is 51.3 Å². The van der Waals surface area contributed by atoms with E-state index in [-0.39, 0.29) is 16.8 Å². The molecule has 3 aromatic rings. The summed E-state index contributed by atoms with van der Waals surface area (Å²) in [5.74, 6) is -0.168. The largest absolute Gasteiger partial charge is 0.379 e. The zero-order valence-electron chi connectivity index (χ0n) is 23.8. The number of ether oxygens (including phenoxy) is 1. The first kappa shape index (κ1) is 29.1. The quantitative estimate of drug-likeness (QED) is 0.342. The third-order valence-electron chi connectivity index (χ3n) is 8.30. The van der Waals surface area contributed by atoms with Crippen LogP contribution in [0.2, 0.25) is 0 Å². The minimum Gasteiger partial charge on any atom is -0.379 e. The van der Waals surface area contributed by atoms with Gasteiger partial charge in [0.1, 0.15) is 0 Å². The lowest BCUT2D eigenvalue weighted by molar-refractivity contribution is 0.0376. The molecular formula is C30H40N4O4S2. The average molecular weight is 585 g/mol. The minimum atomic E-state index is -3.62. The van der Waals surface area contributed by atoms with Gasteiger partial charge in [-0.1, -0.05) is 30.6 Å². The Labute approximate surface area is 242 Å². The molecule has 1 saturated carbocycles. The minimum absolute atomic E-state index is 0.0355. The zero-order valence-corrected chi connectivity index (χ0v) is 25.4. The number of anilines is 1. The predicted molar refractivity (Wildman–Crippen MR) is 161 cm³/mol. The normalized spacial score (nSPS) is 17.5. The second-order valence-corrected chi connectivity index (χ2v) is 14.0. The van der Waals surface area contributed by atoms with Crippen LogP contribution in [-0.4, -0.2) is 81.0 Å². The molecule has 216 valence electrons. The van der Waals surface area contributed by atoms with Crippen molar-refractivity contribution < 1.29 is 17.9 Å². The molecule has 0 bridgehead atoms. The number of carbonyl (C=O) groups is 1. The van der Waals surface area contributed by atoms with Crippen LogP contribution in [0.1, 0.15) is 60.0 Å². The molecule has 0 N–H and O–H groups in total. The Bertz CT molecular complexity index is 1390. The summed E-state index contributed by atoms with van der Waals surface area (Å²) in [6, 6.07) is 10.7. The van der Waals surface area contributed by atoms with Gasteiger partial charge in [-0.15, -0.1) is 0 Å². The topological polar surface area (TPSA) is 83.0 Å². The monoisotopic (exact) mass is 584 g/mol. The van der Waals surface area contributed by atoms with Crippen LogP contribution in [0.25, 0.3) is 10.2 Å². The van der Waals surface area contributed by atoms with Gasteiger partial charge in [0.05, 0.1) is 28.3 Å². The average Bonchev–Trinajstić information content (AvgIpc) is 3.38. The number of thiazole rings is 1. The van der Waals surface area contributed by atoms with E-state index in [0.29, 0.717) is 17.2 Å². The number of carbonyl (C=O) groups excluding carboxylic acids is 1. The molecule has 1 aliphatic heterocycles. The molecule has 1 aliphatic carbocycles. The van der Waals surface area contributed by atoms with Gasteiger partial charge in [-0.3, -0.25) is 14.6 Å². The van der Waals surface area contributed by atoms with Gasteiger partial charge in [0.2, 0.25) is 10.0 Å². The van der Waals surface area contributed by atoms with Gasteiger partial charge < -0.3 is 4.74 Å². The predicted octanol–water partition coefficient (Wildman–Crippen LogP) is 5.24. The van der Waals surface area contributed by atoms with Crippen molar-refractivity contribution >= 4 is 42.6 Å². The molecule has 0 spiro atoms. The maximum atomic E-state index is 13.9. The highest BCUT2D eigenvalue weighted by Crippen LogP contribution is 2.32. The first-order valence-electron chi connectivity index (χ1n) is 14.3. The second kappa shape index (κ2) is 12.7. The third kappa shape index (κ3) is 6.41. The van der Waals surface area contributed by atoms with E-state index < -0.39 is 10.0 Å². The number of sulfonamides is 1. The molecule has 0 atom stereocenters. The van der Waals surface area contributed by atoms with E-state index >= 15 is 0 Å². The lowest BCUT2D eigenvalue weighted by Crippen LogP contribution is -2.39. The van der Waals surface area contributed by atoms with E-state index in [9.17, 15) is 13.2 Å². The Balaban J connectivity index is 1.37. The van der Waals surface area contributed by atoms with Gasteiger partial charge in [-0.2, -0.15) is 4.31 Å². The molecule has 1 amide bonds. The molecular weight excluding hydrogens is 544 g/mol. The van der Waals surface area contributed by atoms with Crippen molar-refractivity contribution in [2.24, 2.45) is 0 Å². The fourth-order valence-corrected chi connectivity index (χ4v) is 8.06. The molecule has 1 saturated heterocycles. The summed E-state index contributed by atoms with van der Waals surface area (Å²) in [5.41, 5.74) is 3.71. The molecule has 2 heterocycles.